The SMILES string of the molecule is CCCCOCCNC(=O)COC(=O)Cc1cccc(OC(C)C)c1. The molecule has 0 unspecified atom stereocenters. The van der Waals surface area contributed by atoms with Crippen molar-refractivity contribution in [3.8, 4) is 5.75 Å². The molecule has 0 aromatic heterocycles. The molecule has 25 heavy (non-hydrogen) atoms. The van der Waals surface area contributed by atoms with Gasteiger partial charge in [0.05, 0.1) is 19.1 Å². The first-order valence-electron chi connectivity index (χ1n) is 8.77. The maximum Gasteiger partial charge on any atom is 0.310 e. The van der Waals surface area contributed by atoms with Gasteiger partial charge in [-0.15, -0.1) is 0 Å². The molecular formula is C19H29NO5. The van der Waals surface area contributed by atoms with Crippen LogP contribution in [0, 0.1) is 0 Å². The molecule has 1 amide bonds. The molecule has 140 valence electrons. The molecular weight excluding hydrogens is 322 g/mol. The molecule has 0 spiro atoms. The summed E-state index contributed by atoms with van der Waals surface area (Å²) in [7, 11) is 0. The third-order valence-electron chi connectivity index (χ3n) is 3.19. The van der Waals surface area contributed by atoms with E-state index in [1.165, 1.54) is 0 Å². The Labute approximate surface area is 149 Å². The lowest BCUT2D eigenvalue weighted by molar-refractivity contribution is -0.147. The first-order chi connectivity index (χ1) is 12.0. The Morgan fingerprint density at radius 2 is 2.00 bits per heavy atom. The van der Waals surface area contributed by atoms with Crippen molar-refractivity contribution >= 4 is 11.9 Å². The van der Waals surface area contributed by atoms with Crippen molar-refractivity contribution in [1.29, 1.82) is 0 Å². The molecule has 0 saturated heterocycles. The molecule has 0 aliphatic heterocycles. The number of hydrogen-bond acceptors (Lipinski definition) is 5. The summed E-state index contributed by atoms with van der Waals surface area (Å²) in [6.07, 6.45) is 2.25. The molecule has 6 nitrogen and oxygen atoms in total. The van der Waals surface area contributed by atoms with Crippen LogP contribution in [0.4, 0.5) is 0 Å². The van der Waals surface area contributed by atoms with Crippen molar-refractivity contribution in [3.63, 3.8) is 0 Å². The van der Waals surface area contributed by atoms with E-state index in [9.17, 15) is 9.59 Å². The second-order valence-electron chi connectivity index (χ2n) is 5.97. The van der Waals surface area contributed by atoms with Crippen molar-refractivity contribution in [2.45, 2.75) is 46.1 Å². The molecule has 1 N–H and O–H groups in total. The number of unbranched alkanes of at least 4 members (excludes halogenated alkanes) is 1. The number of carbonyl (C=O) groups is 2. The van der Waals surface area contributed by atoms with E-state index in [0.717, 1.165) is 18.4 Å². The quantitative estimate of drug-likeness (QED) is 0.463. The molecule has 0 atom stereocenters. The Balaban J connectivity index is 2.22. The average Bonchev–Trinajstić information content (AvgIpc) is 2.56. The number of amides is 1. The zero-order valence-corrected chi connectivity index (χ0v) is 15.4. The molecule has 0 saturated carbocycles. The number of rotatable bonds is 12. The Morgan fingerprint density at radius 3 is 2.72 bits per heavy atom. The minimum absolute atomic E-state index is 0.0665. The summed E-state index contributed by atoms with van der Waals surface area (Å²) in [5, 5.41) is 2.65. The highest BCUT2D eigenvalue weighted by molar-refractivity contribution is 5.81. The van der Waals surface area contributed by atoms with E-state index >= 15 is 0 Å². The molecule has 0 aliphatic carbocycles. The van der Waals surface area contributed by atoms with Gasteiger partial charge >= 0.3 is 5.97 Å². The highest BCUT2D eigenvalue weighted by Gasteiger charge is 2.09. The third kappa shape index (κ3) is 10.4. The van der Waals surface area contributed by atoms with Gasteiger partial charge in [0.1, 0.15) is 5.75 Å². The van der Waals surface area contributed by atoms with Crippen LogP contribution in [-0.4, -0.2) is 44.3 Å². The van der Waals surface area contributed by atoms with Gasteiger partial charge in [-0.05, 0) is 38.0 Å². The minimum atomic E-state index is -0.448. The Morgan fingerprint density at radius 1 is 1.20 bits per heavy atom. The summed E-state index contributed by atoms with van der Waals surface area (Å²) in [4.78, 5) is 23.4. The van der Waals surface area contributed by atoms with Gasteiger partial charge in [-0.1, -0.05) is 25.5 Å². The van der Waals surface area contributed by atoms with E-state index in [-0.39, 0.29) is 25.0 Å². The third-order valence-corrected chi connectivity index (χ3v) is 3.19. The van der Waals surface area contributed by atoms with Crippen LogP contribution in [0.1, 0.15) is 39.2 Å². The van der Waals surface area contributed by atoms with Crippen molar-refractivity contribution in [1.82, 2.24) is 5.32 Å². The first kappa shape index (κ1) is 21.0. The first-order valence-corrected chi connectivity index (χ1v) is 8.77. The van der Waals surface area contributed by atoms with Crippen molar-refractivity contribution in [2.24, 2.45) is 0 Å². The van der Waals surface area contributed by atoms with E-state index in [1.807, 2.05) is 32.0 Å². The van der Waals surface area contributed by atoms with Crippen LogP contribution >= 0.6 is 0 Å². The maximum atomic E-state index is 11.8. The summed E-state index contributed by atoms with van der Waals surface area (Å²) in [6, 6.07) is 7.29. The lowest BCUT2D eigenvalue weighted by atomic mass is 10.1. The Bertz CT molecular complexity index is 530. The highest BCUT2D eigenvalue weighted by atomic mass is 16.5. The number of benzene rings is 1. The smallest absolute Gasteiger partial charge is 0.310 e. The number of nitrogens with one attached hydrogen (secondary N) is 1. The average molecular weight is 351 g/mol. The van der Waals surface area contributed by atoms with Crippen molar-refractivity contribution < 1.29 is 23.8 Å². The highest BCUT2D eigenvalue weighted by Crippen LogP contribution is 2.15. The summed E-state index contributed by atoms with van der Waals surface area (Å²) < 4.78 is 15.9. The van der Waals surface area contributed by atoms with E-state index in [0.29, 0.717) is 25.5 Å². The fourth-order valence-electron chi connectivity index (χ4n) is 2.03. The van der Waals surface area contributed by atoms with Gasteiger partial charge in [0.15, 0.2) is 6.61 Å². The maximum absolute atomic E-state index is 11.8. The lowest BCUT2D eigenvalue weighted by Crippen LogP contribution is -2.31. The van der Waals surface area contributed by atoms with Crippen molar-refractivity contribution in [3.05, 3.63) is 29.8 Å². The fourth-order valence-corrected chi connectivity index (χ4v) is 2.03. The van der Waals surface area contributed by atoms with Crippen molar-refractivity contribution in [2.75, 3.05) is 26.4 Å². The molecule has 0 aliphatic rings. The van der Waals surface area contributed by atoms with Gasteiger partial charge in [-0.3, -0.25) is 9.59 Å². The van der Waals surface area contributed by atoms with Gasteiger partial charge in [-0.25, -0.2) is 0 Å². The second-order valence-corrected chi connectivity index (χ2v) is 5.97. The summed E-state index contributed by atoms with van der Waals surface area (Å²) in [6.45, 7) is 7.25. The van der Waals surface area contributed by atoms with Gasteiger partial charge in [0, 0.05) is 13.2 Å². The molecule has 1 aromatic rings. The van der Waals surface area contributed by atoms with Crippen LogP contribution in [0.15, 0.2) is 24.3 Å². The molecule has 1 aromatic carbocycles. The minimum Gasteiger partial charge on any atom is -0.491 e. The standard InChI is InChI=1S/C19H29NO5/c1-4-5-10-23-11-9-20-18(21)14-24-19(22)13-16-7-6-8-17(12-16)25-15(2)3/h6-8,12,15H,4-5,9-11,13-14H2,1-3H3,(H,20,21). The monoisotopic (exact) mass is 351 g/mol. The van der Waals surface area contributed by atoms with Crippen LogP contribution in [0.5, 0.6) is 5.75 Å². The molecule has 0 bridgehead atoms. The molecule has 1 rings (SSSR count). The van der Waals surface area contributed by atoms with Gasteiger partial charge in [-0.2, -0.15) is 0 Å². The fraction of sp³-hybridized carbons (Fsp3) is 0.579. The molecule has 0 heterocycles. The number of hydrogen-bond donors (Lipinski definition) is 1. The second kappa shape index (κ2) is 12.3. The molecule has 0 fully saturated rings. The zero-order valence-electron chi connectivity index (χ0n) is 15.4. The largest absolute Gasteiger partial charge is 0.491 e. The summed E-state index contributed by atoms with van der Waals surface area (Å²) in [5.41, 5.74) is 0.785. The summed E-state index contributed by atoms with van der Waals surface area (Å²) in [5.74, 6) is -0.0681. The van der Waals surface area contributed by atoms with Crippen LogP contribution in [0.3, 0.4) is 0 Å². The normalized spacial score (nSPS) is 10.6. The van der Waals surface area contributed by atoms with Crippen LogP contribution in [-0.2, 0) is 25.5 Å². The van der Waals surface area contributed by atoms with E-state index in [2.05, 4.69) is 12.2 Å². The van der Waals surface area contributed by atoms with E-state index in [1.54, 1.807) is 6.07 Å². The van der Waals surface area contributed by atoms with Crippen LogP contribution in [0.2, 0.25) is 0 Å². The number of esters is 1. The predicted octanol–water partition coefficient (Wildman–Crippen LogP) is 2.49. The molecule has 6 heteroatoms. The Kier molecular flexibility index (Phi) is 10.3. The van der Waals surface area contributed by atoms with E-state index < -0.39 is 5.97 Å². The zero-order chi connectivity index (χ0) is 18.5. The van der Waals surface area contributed by atoms with Crippen LogP contribution < -0.4 is 10.1 Å². The summed E-state index contributed by atoms with van der Waals surface area (Å²) >= 11 is 0. The van der Waals surface area contributed by atoms with Gasteiger partial charge < -0.3 is 19.5 Å². The lowest BCUT2D eigenvalue weighted by Gasteiger charge is -2.11. The predicted molar refractivity (Wildman–Crippen MR) is 95.6 cm³/mol. The van der Waals surface area contributed by atoms with Gasteiger partial charge in [0.2, 0.25) is 0 Å². The topological polar surface area (TPSA) is 73.9 Å². The Hall–Kier alpha value is -2.08. The molecule has 0 radical (unpaired) electrons. The number of carbonyl (C=O) groups excluding carboxylic acids is 2. The van der Waals surface area contributed by atoms with E-state index in [4.69, 9.17) is 14.2 Å². The number of ether oxygens (including phenoxy) is 3. The van der Waals surface area contributed by atoms with Gasteiger partial charge in [0.25, 0.3) is 5.91 Å². The van der Waals surface area contributed by atoms with Crippen LogP contribution in [0.25, 0.3) is 0 Å².